The topological polar surface area (TPSA) is 120 Å². The number of halogens is 3. The third-order valence-corrected chi connectivity index (χ3v) is 6.02. The van der Waals surface area contributed by atoms with Gasteiger partial charge >= 0.3 is 12.0 Å². The predicted octanol–water partition coefficient (Wildman–Crippen LogP) is 4.86. The number of benzene rings is 1. The molecule has 2 aromatic heterocycles. The van der Waals surface area contributed by atoms with Gasteiger partial charge in [0.1, 0.15) is 11.9 Å². The lowest BCUT2D eigenvalue weighted by atomic mass is 9.81. The number of aromatic nitrogens is 4. The van der Waals surface area contributed by atoms with Gasteiger partial charge in [-0.05, 0) is 18.9 Å². The van der Waals surface area contributed by atoms with Crippen molar-refractivity contribution in [2.45, 2.75) is 50.6 Å². The maximum atomic E-state index is 12.7. The van der Waals surface area contributed by atoms with Crippen LogP contribution < -0.4 is 15.4 Å². The Bertz CT molecular complexity index is 1150. The molecule has 1 aliphatic rings. The third kappa shape index (κ3) is 5.97. The Morgan fingerprint density at radius 3 is 2.63 bits per heavy atom. The summed E-state index contributed by atoms with van der Waals surface area (Å²) in [6.45, 7) is 0.311. The second-order valence-corrected chi connectivity index (χ2v) is 8.30. The van der Waals surface area contributed by atoms with Crippen LogP contribution in [0.15, 0.2) is 49.2 Å². The molecule has 1 aliphatic carbocycles. The van der Waals surface area contributed by atoms with Crippen molar-refractivity contribution >= 4 is 17.5 Å². The summed E-state index contributed by atoms with van der Waals surface area (Å²) in [4.78, 5) is 23.4. The standard InChI is InChI=1S/C22H24F3N7O3/c23-22(24,25)35-18-7-3-2-6-16(18)12-27-20-28-13-17(32(33)34)19(30-20)29-14-21(8-4-1-5-9-21)31-11-10-26-15-31/h2-3,6-7,10-11,13,15H,1,4-5,8-9,12,14H2,(H2,27,28,29,30). The van der Waals surface area contributed by atoms with Crippen LogP contribution in [-0.4, -0.2) is 37.3 Å². The summed E-state index contributed by atoms with van der Waals surface area (Å²) in [5.41, 5.74) is -0.370. The van der Waals surface area contributed by atoms with Crippen molar-refractivity contribution in [3.05, 3.63) is 64.9 Å². The van der Waals surface area contributed by atoms with Crippen molar-refractivity contribution in [2.24, 2.45) is 0 Å². The van der Waals surface area contributed by atoms with E-state index in [0.717, 1.165) is 38.3 Å². The number of rotatable bonds is 9. The number of imidazole rings is 1. The first kappa shape index (κ1) is 24.2. The van der Waals surface area contributed by atoms with E-state index in [4.69, 9.17) is 0 Å². The van der Waals surface area contributed by atoms with Crippen LogP contribution in [0, 0.1) is 10.1 Å². The minimum atomic E-state index is -4.83. The molecule has 2 heterocycles. The number of alkyl halides is 3. The highest BCUT2D eigenvalue weighted by Crippen LogP contribution is 2.36. The number of hydrogen-bond acceptors (Lipinski definition) is 8. The molecule has 1 fully saturated rings. The molecule has 10 nitrogen and oxygen atoms in total. The van der Waals surface area contributed by atoms with Gasteiger partial charge < -0.3 is 19.9 Å². The Kier molecular flexibility index (Phi) is 7.03. The lowest BCUT2D eigenvalue weighted by Crippen LogP contribution is -2.41. The van der Waals surface area contributed by atoms with E-state index in [1.54, 1.807) is 18.6 Å². The van der Waals surface area contributed by atoms with Gasteiger partial charge in [0.25, 0.3) is 0 Å². The summed E-state index contributed by atoms with van der Waals surface area (Å²) in [7, 11) is 0. The van der Waals surface area contributed by atoms with Crippen LogP contribution in [0.4, 0.5) is 30.6 Å². The van der Waals surface area contributed by atoms with E-state index >= 15 is 0 Å². The summed E-state index contributed by atoms with van der Waals surface area (Å²) in [6, 6.07) is 5.67. The number of para-hydroxylation sites is 1. The minimum absolute atomic E-state index is 0.0254. The Morgan fingerprint density at radius 2 is 1.94 bits per heavy atom. The van der Waals surface area contributed by atoms with E-state index in [-0.39, 0.29) is 40.9 Å². The van der Waals surface area contributed by atoms with Crippen molar-refractivity contribution in [1.29, 1.82) is 0 Å². The van der Waals surface area contributed by atoms with Gasteiger partial charge in [0.2, 0.25) is 11.8 Å². The maximum absolute atomic E-state index is 12.7. The Hall–Kier alpha value is -3.90. The molecule has 0 spiro atoms. The molecule has 0 unspecified atom stereocenters. The molecular weight excluding hydrogens is 467 g/mol. The molecule has 0 radical (unpaired) electrons. The van der Waals surface area contributed by atoms with Crippen LogP contribution in [0.2, 0.25) is 0 Å². The van der Waals surface area contributed by atoms with Gasteiger partial charge in [0.05, 0.1) is 16.8 Å². The van der Waals surface area contributed by atoms with E-state index in [0.29, 0.717) is 6.54 Å². The van der Waals surface area contributed by atoms with Gasteiger partial charge in [0.15, 0.2) is 0 Å². The van der Waals surface area contributed by atoms with E-state index in [1.165, 1.54) is 18.2 Å². The van der Waals surface area contributed by atoms with Crippen LogP contribution in [0.3, 0.4) is 0 Å². The average Bonchev–Trinajstić information content (AvgIpc) is 3.38. The smallest absolute Gasteiger partial charge is 0.405 e. The number of ether oxygens (including phenoxy) is 1. The van der Waals surface area contributed by atoms with Crippen molar-refractivity contribution in [2.75, 3.05) is 17.2 Å². The average molecular weight is 491 g/mol. The predicted molar refractivity (Wildman–Crippen MR) is 121 cm³/mol. The van der Waals surface area contributed by atoms with E-state index in [9.17, 15) is 23.3 Å². The molecule has 35 heavy (non-hydrogen) atoms. The highest BCUT2D eigenvalue weighted by atomic mass is 19.4. The number of anilines is 2. The van der Waals surface area contributed by atoms with E-state index in [2.05, 4.69) is 30.3 Å². The normalized spacial score (nSPS) is 15.4. The van der Waals surface area contributed by atoms with Crippen LogP contribution in [-0.2, 0) is 12.1 Å². The molecule has 0 aliphatic heterocycles. The van der Waals surface area contributed by atoms with Crippen molar-refractivity contribution in [3.8, 4) is 5.75 Å². The van der Waals surface area contributed by atoms with E-state index in [1.807, 2.05) is 10.8 Å². The molecule has 0 bridgehead atoms. The molecule has 3 aromatic rings. The monoisotopic (exact) mass is 491 g/mol. The zero-order chi connectivity index (χ0) is 24.9. The number of nitro groups is 1. The first-order valence-electron chi connectivity index (χ1n) is 11.1. The molecule has 4 rings (SSSR count). The molecule has 13 heteroatoms. The lowest BCUT2D eigenvalue weighted by molar-refractivity contribution is -0.384. The SMILES string of the molecule is O=[N+]([O-])c1cnc(NCc2ccccc2OC(F)(F)F)nc1NCC1(n2ccnc2)CCCCC1. The highest BCUT2D eigenvalue weighted by molar-refractivity contribution is 5.57. The molecule has 2 N–H and O–H groups in total. The molecular formula is C22H24F3N7O3. The lowest BCUT2D eigenvalue weighted by Gasteiger charge is -2.38. The first-order chi connectivity index (χ1) is 16.8. The Labute approximate surface area is 198 Å². The molecule has 186 valence electrons. The fraction of sp³-hybridized carbons (Fsp3) is 0.409. The van der Waals surface area contributed by atoms with Gasteiger partial charge in [0, 0.05) is 31.0 Å². The molecule has 1 aromatic carbocycles. The highest BCUT2D eigenvalue weighted by Gasteiger charge is 2.34. The van der Waals surface area contributed by atoms with Crippen molar-refractivity contribution in [1.82, 2.24) is 19.5 Å². The molecule has 0 atom stereocenters. The number of nitrogens with zero attached hydrogens (tertiary/aromatic N) is 5. The molecule has 1 saturated carbocycles. The van der Waals surface area contributed by atoms with Gasteiger partial charge in [-0.1, -0.05) is 37.5 Å². The molecule has 0 saturated heterocycles. The zero-order valence-electron chi connectivity index (χ0n) is 18.7. The fourth-order valence-corrected chi connectivity index (χ4v) is 4.30. The summed E-state index contributed by atoms with van der Waals surface area (Å²) < 4.78 is 44.1. The summed E-state index contributed by atoms with van der Waals surface area (Å²) in [6.07, 6.45) is 6.51. The Morgan fingerprint density at radius 1 is 1.17 bits per heavy atom. The van der Waals surface area contributed by atoms with Gasteiger partial charge in [-0.2, -0.15) is 4.98 Å². The van der Waals surface area contributed by atoms with Gasteiger partial charge in [-0.3, -0.25) is 10.1 Å². The quantitative estimate of drug-likeness (QED) is 0.322. The van der Waals surface area contributed by atoms with Gasteiger partial charge in [-0.15, -0.1) is 13.2 Å². The van der Waals surface area contributed by atoms with Crippen LogP contribution in [0.1, 0.15) is 37.7 Å². The largest absolute Gasteiger partial charge is 0.573 e. The first-order valence-corrected chi connectivity index (χ1v) is 11.1. The maximum Gasteiger partial charge on any atom is 0.573 e. The zero-order valence-corrected chi connectivity index (χ0v) is 18.7. The van der Waals surface area contributed by atoms with Crippen LogP contribution >= 0.6 is 0 Å². The fourth-order valence-electron chi connectivity index (χ4n) is 4.30. The third-order valence-electron chi connectivity index (χ3n) is 6.02. The Balaban J connectivity index is 1.52. The van der Waals surface area contributed by atoms with Crippen molar-refractivity contribution < 1.29 is 22.8 Å². The number of hydrogen-bond donors (Lipinski definition) is 2. The summed E-state index contributed by atoms with van der Waals surface area (Å²) >= 11 is 0. The van der Waals surface area contributed by atoms with Gasteiger partial charge in [-0.25, -0.2) is 9.97 Å². The summed E-state index contributed by atoms with van der Waals surface area (Å²) in [5, 5.41) is 17.5. The second-order valence-electron chi connectivity index (χ2n) is 8.30. The second kappa shape index (κ2) is 10.2. The van der Waals surface area contributed by atoms with Crippen LogP contribution in [0.25, 0.3) is 0 Å². The van der Waals surface area contributed by atoms with Crippen LogP contribution in [0.5, 0.6) is 5.75 Å². The van der Waals surface area contributed by atoms with Crippen molar-refractivity contribution in [3.63, 3.8) is 0 Å². The summed E-state index contributed by atoms with van der Waals surface area (Å²) in [5.74, 6) is -0.301. The number of nitrogens with one attached hydrogen (secondary N) is 2. The van der Waals surface area contributed by atoms with E-state index < -0.39 is 11.3 Å². The minimum Gasteiger partial charge on any atom is -0.405 e. The molecule has 0 amide bonds.